The molecule has 2 aromatic rings. The lowest BCUT2D eigenvalue weighted by atomic mass is 10.2. The number of hydrogen-bond acceptors (Lipinski definition) is 3. The van der Waals surface area contributed by atoms with Crippen molar-refractivity contribution in [3.05, 3.63) is 48.3 Å². The fourth-order valence-electron chi connectivity index (χ4n) is 1.92. The van der Waals surface area contributed by atoms with Crippen molar-refractivity contribution < 1.29 is 4.79 Å². The molecule has 5 nitrogen and oxygen atoms in total. The quantitative estimate of drug-likeness (QED) is 0.831. The second-order valence-electron chi connectivity index (χ2n) is 4.91. The summed E-state index contributed by atoms with van der Waals surface area (Å²) in [6, 6.07) is 9.83. The monoisotopic (exact) mass is 272 g/mol. The number of amides is 1. The maximum Gasteiger partial charge on any atom is 0.221 e. The number of carbonyl (C=O) groups is 1. The Kier molecular flexibility index (Phi) is 4.90. The molecule has 3 N–H and O–H groups in total. The molecule has 0 aliphatic rings. The van der Waals surface area contributed by atoms with E-state index < -0.39 is 0 Å². The largest absolute Gasteiger partial charge is 0.356 e. The first-order chi connectivity index (χ1) is 9.65. The molecule has 1 unspecified atom stereocenters. The molecule has 0 saturated heterocycles. The molecular formula is C15H20N4O. The molecule has 0 aliphatic heterocycles. The number of carbonyl (C=O) groups excluding carboxylic acids is 1. The second-order valence-corrected chi connectivity index (χ2v) is 4.91. The van der Waals surface area contributed by atoms with Crippen LogP contribution >= 0.6 is 0 Å². The molecule has 106 valence electrons. The zero-order valence-corrected chi connectivity index (χ0v) is 11.6. The van der Waals surface area contributed by atoms with E-state index in [1.54, 1.807) is 0 Å². The van der Waals surface area contributed by atoms with Gasteiger partial charge in [-0.2, -0.15) is 5.10 Å². The summed E-state index contributed by atoms with van der Waals surface area (Å²) >= 11 is 0. The van der Waals surface area contributed by atoms with Crippen molar-refractivity contribution in [3.8, 4) is 5.69 Å². The summed E-state index contributed by atoms with van der Waals surface area (Å²) in [6.07, 6.45) is 4.93. The van der Waals surface area contributed by atoms with Gasteiger partial charge in [0.1, 0.15) is 0 Å². The number of nitrogens with one attached hydrogen (secondary N) is 1. The van der Waals surface area contributed by atoms with Crippen LogP contribution in [-0.2, 0) is 11.2 Å². The molecule has 0 aliphatic carbocycles. The Morgan fingerprint density at radius 3 is 2.85 bits per heavy atom. The van der Waals surface area contributed by atoms with E-state index in [1.165, 1.54) is 0 Å². The molecule has 1 amide bonds. The Morgan fingerprint density at radius 2 is 2.15 bits per heavy atom. The minimum Gasteiger partial charge on any atom is -0.356 e. The van der Waals surface area contributed by atoms with Gasteiger partial charge in [-0.3, -0.25) is 4.79 Å². The molecule has 0 bridgehead atoms. The van der Waals surface area contributed by atoms with Gasteiger partial charge in [-0.1, -0.05) is 18.2 Å². The van der Waals surface area contributed by atoms with Crippen molar-refractivity contribution >= 4 is 5.91 Å². The zero-order chi connectivity index (χ0) is 14.4. The van der Waals surface area contributed by atoms with Crippen LogP contribution in [0.15, 0.2) is 42.7 Å². The Bertz CT molecular complexity index is 548. The predicted molar refractivity (Wildman–Crippen MR) is 78.5 cm³/mol. The predicted octanol–water partition coefficient (Wildman–Crippen LogP) is 1.27. The fourth-order valence-corrected chi connectivity index (χ4v) is 1.92. The first kappa shape index (κ1) is 14.3. The summed E-state index contributed by atoms with van der Waals surface area (Å²) < 4.78 is 1.83. The van der Waals surface area contributed by atoms with Crippen LogP contribution in [0.5, 0.6) is 0 Å². The maximum absolute atomic E-state index is 11.5. The fraction of sp³-hybridized carbons (Fsp3) is 0.333. The van der Waals surface area contributed by atoms with Crippen molar-refractivity contribution in [2.24, 2.45) is 5.73 Å². The van der Waals surface area contributed by atoms with Gasteiger partial charge < -0.3 is 11.1 Å². The summed E-state index contributed by atoms with van der Waals surface area (Å²) in [6.45, 7) is 2.43. The standard InChI is InChI=1S/C15H20N4O/c1-12(16)9-15(20)17-8-7-13-10-18-19(11-13)14-5-3-2-4-6-14/h2-6,10-12H,7-9,16H2,1H3,(H,17,20). The van der Waals surface area contributed by atoms with Crippen LogP contribution in [0.3, 0.4) is 0 Å². The highest BCUT2D eigenvalue weighted by molar-refractivity contribution is 5.76. The molecule has 1 aromatic heterocycles. The SMILES string of the molecule is CC(N)CC(=O)NCCc1cnn(-c2ccccc2)c1. The van der Waals surface area contributed by atoms with Gasteiger partial charge in [0.15, 0.2) is 0 Å². The van der Waals surface area contributed by atoms with Crippen molar-refractivity contribution in [2.75, 3.05) is 6.54 Å². The second kappa shape index (κ2) is 6.86. The van der Waals surface area contributed by atoms with E-state index in [0.717, 1.165) is 17.7 Å². The van der Waals surface area contributed by atoms with Crippen LogP contribution < -0.4 is 11.1 Å². The lowest BCUT2D eigenvalue weighted by Crippen LogP contribution is -2.31. The molecule has 1 heterocycles. The number of para-hydroxylation sites is 1. The van der Waals surface area contributed by atoms with Crippen LogP contribution in [0.1, 0.15) is 18.9 Å². The van der Waals surface area contributed by atoms with E-state index in [-0.39, 0.29) is 11.9 Å². The number of aromatic nitrogens is 2. The van der Waals surface area contributed by atoms with Gasteiger partial charge in [0, 0.05) is 25.2 Å². The van der Waals surface area contributed by atoms with Crippen LogP contribution in [0, 0.1) is 0 Å². The van der Waals surface area contributed by atoms with Crippen molar-refractivity contribution in [1.82, 2.24) is 15.1 Å². The number of nitrogens with zero attached hydrogens (tertiary/aromatic N) is 2. The molecule has 0 saturated carbocycles. The first-order valence-electron chi connectivity index (χ1n) is 6.76. The average Bonchev–Trinajstić information content (AvgIpc) is 2.88. The third-order valence-corrected chi connectivity index (χ3v) is 2.90. The van der Waals surface area contributed by atoms with E-state index in [4.69, 9.17) is 5.73 Å². The zero-order valence-electron chi connectivity index (χ0n) is 11.6. The first-order valence-corrected chi connectivity index (χ1v) is 6.76. The normalized spacial score (nSPS) is 12.1. The van der Waals surface area contributed by atoms with E-state index in [0.29, 0.717) is 13.0 Å². The van der Waals surface area contributed by atoms with E-state index in [1.807, 2.05) is 54.3 Å². The third kappa shape index (κ3) is 4.20. The Hall–Kier alpha value is -2.14. The Balaban J connectivity index is 1.83. The number of rotatable bonds is 6. The molecule has 1 atom stereocenters. The van der Waals surface area contributed by atoms with Gasteiger partial charge in [0.05, 0.1) is 11.9 Å². The number of nitrogens with two attached hydrogens (primary N) is 1. The summed E-state index contributed by atoms with van der Waals surface area (Å²) in [4.78, 5) is 11.5. The highest BCUT2D eigenvalue weighted by Crippen LogP contribution is 2.07. The molecule has 1 aromatic carbocycles. The summed E-state index contributed by atoms with van der Waals surface area (Å²) in [5.41, 5.74) is 7.69. The van der Waals surface area contributed by atoms with Gasteiger partial charge in [0.25, 0.3) is 0 Å². The smallest absolute Gasteiger partial charge is 0.221 e. The van der Waals surface area contributed by atoms with Gasteiger partial charge in [-0.15, -0.1) is 0 Å². The molecule has 20 heavy (non-hydrogen) atoms. The van der Waals surface area contributed by atoms with Gasteiger partial charge in [0.2, 0.25) is 5.91 Å². The molecular weight excluding hydrogens is 252 g/mol. The molecule has 5 heteroatoms. The Labute approximate surface area is 118 Å². The van der Waals surface area contributed by atoms with Crippen LogP contribution in [0.25, 0.3) is 5.69 Å². The molecule has 2 rings (SSSR count). The van der Waals surface area contributed by atoms with Gasteiger partial charge in [-0.05, 0) is 31.0 Å². The van der Waals surface area contributed by atoms with Gasteiger partial charge in [-0.25, -0.2) is 4.68 Å². The summed E-state index contributed by atoms with van der Waals surface area (Å²) in [7, 11) is 0. The van der Waals surface area contributed by atoms with E-state index in [9.17, 15) is 4.79 Å². The van der Waals surface area contributed by atoms with Crippen molar-refractivity contribution in [3.63, 3.8) is 0 Å². The van der Waals surface area contributed by atoms with E-state index >= 15 is 0 Å². The van der Waals surface area contributed by atoms with Gasteiger partial charge >= 0.3 is 0 Å². The van der Waals surface area contributed by atoms with Crippen LogP contribution in [0.2, 0.25) is 0 Å². The lowest BCUT2D eigenvalue weighted by Gasteiger charge is -2.06. The summed E-state index contributed by atoms with van der Waals surface area (Å²) in [5, 5.41) is 7.17. The average molecular weight is 272 g/mol. The third-order valence-electron chi connectivity index (χ3n) is 2.90. The number of hydrogen-bond donors (Lipinski definition) is 2. The van der Waals surface area contributed by atoms with Crippen LogP contribution in [-0.4, -0.2) is 28.3 Å². The molecule has 0 radical (unpaired) electrons. The molecule has 0 fully saturated rings. The maximum atomic E-state index is 11.5. The van der Waals surface area contributed by atoms with Crippen molar-refractivity contribution in [2.45, 2.75) is 25.8 Å². The summed E-state index contributed by atoms with van der Waals surface area (Å²) in [5.74, 6) is -0.00421. The highest BCUT2D eigenvalue weighted by Gasteiger charge is 2.05. The van der Waals surface area contributed by atoms with Crippen molar-refractivity contribution in [1.29, 1.82) is 0 Å². The number of benzene rings is 1. The topological polar surface area (TPSA) is 72.9 Å². The minimum absolute atomic E-state index is 0.00421. The molecule has 0 spiro atoms. The van der Waals surface area contributed by atoms with E-state index in [2.05, 4.69) is 10.4 Å². The Morgan fingerprint density at radius 1 is 1.40 bits per heavy atom. The minimum atomic E-state index is -0.101. The highest BCUT2D eigenvalue weighted by atomic mass is 16.1. The lowest BCUT2D eigenvalue weighted by molar-refractivity contribution is -0.121. The van der Waals surface area contributed by atoms with Crippen LogP contribution in [0.4, 0.5) is 0 Å².